The lowest BCUT2D eigenvalue weighted by atomic mass is 10.1. The van der Waals surface area contributed by atoms with Crippen LogP contribution in [0.2, 0.25) is 0 Å². The van der Waals surface area contributed by atoms with Gasteiger partial charge in [0.15, 0.2) is 0 Å². The third kappa shape index (κ3) is 5.09. The lowest BCUT2D eigenvalue weighted by molar-refractivity contribution is -0.384. The minimum absolute atomic E-state index is 0.0261. The normalized spacial score (nSPS) is 15.0. The lowest BCUT2D eigenvalue weighted by Crippen LogP contribution is -2.41. The molecular weight excluding hydrogens is 314 g/mol. The van der Waals surface area contributed by atoms with Crippen LogP contribution in [0.5, 0.6) is 0 Å². The van der Waals surface area contributed by atoms with E-state index in [1.54, 1.807) is 6.07 Å². The van der Waals surface area contributed by atoms with Gasteiger partial charge in [0.05, 0.1) is 18.1 Å². The molecule has 1 heterocycles. The molecule has 0 saturated carbocycles. The summed E-state index contributed by atoms with van der Waals surface area (Å²) in [4.78, 5) is 24.5. The number of anilines is 1. The van der Waals surface area contributed by atoms with Crippen molar-refractivity contribution in [3.05, 3.63) is 33.9 Å². The summed E-state index contributed by atoms with van der Waals surface area (Å²) in [5.41, 5.74) is 0.997. The van der Waals surface area contributed by atoms with Crippen molar-refractivity contribution in [1.29, 1.82) is 0 Å². The number of nitrogens with zero attached hydrogens (tertiary/aromatic N) is 2. The molecule has 132 valence electrons. The zero-order valence-corrected chi connectivity index (χ0v) is 14.2. The molecule has 8 nitrogen and oxygen atoms in total. The SMILES string of the molecule is CC(C)(C)NC(=O)OCc1cc([N+](=O)[O-])ccc1N1CCOCC1. The average molecular weight is 337 g/mol. The Bertz CT molecular complexity index is 606. The minimum Gasteiger partial charge on any atom is -0.445 e. The molecule has 0 bridgehead atoms. The Morgan fingerprint density at radius 2 is 2.04 bits per heavy atom. The Labute approximate surface area is 140 Å². The number of hydrogen-bond donors (Lipinski definition) is 1. The largest absolute Gasteiger partial charge is 0.445 e. The molecule has 0 atom stereocenters. The fourth-order valence-electron chi connectivity index (χ4n) is 2.40. The average Bonchev–Trinajstić information content (AvgIpc) is 2.52. The molecule has 1 saturated heterocycles. The molecule has 1 amide bonds. The van der Waals surface area contributed by atoms with Gasteiger partial charge in [-0.1, -0.05) is 0 Å². The number of amides is 1. The molecular formula is C16H23N3O5. The molecule has 1 aromatic rings. The van der Waals surface area contributed by atoms with E-state index in [0.717, 1.165) is 5.69 Å². The zero-order valence-electron chi connectivity index (χ0n) is 14.2. The Hall–Kier alpha value is -2.35. The topological polar surface area (TPSA) is 93.9 Å². The van der Waals surface area contributed by atoms with Crippen LogP contribution in [0.4, 0.5) is 16.2 Å². The summed E-state index contributed by atoms with van der Waals surface area (Å²) in [6, 6.07) is 4.61. The summed E-state index contributed by atoms with van der Waals surface area (Å²) in [7, 11) is 0. The van der Waals surface area contributed by atoms with Crippen LogP contribution in [-0.4, -0.2) is 42.9 Å². The number of rotatable bonds is 4. The first kappa shape index (κ1) is 18.0. The first-order valence-electron chi connectivity index (χ1n) is 7.81. The van der Waals surface area contributed by atoms with E-state index < -0.39 is 16.6 Å². The predicted molar refractivity (Wildman–Crippen MR) is 89.2 cm³/mol. The summed E-state index contributed by atoms with van der Waals surface area (Å²) >= 11 is 0. The second-order valence-corrected chi connectivity index (χ2v) is 6.62. The second-order valence-electron chi connectivity index (χ2n) is 6.62. The fraction of sp³-hybridized carbons (Fsp3) is 0.562. The molecule has 1 aromatic carbocycles. The number of alkyl carbamates (subject to hydrolysis) is 1. The van der Waals surface area contributed by atoms with E-state index in [4.69, 9.17) is 9.47 Å². The smallest absolute Gasteiger partial charge is 0.407 e. The first-order valence-corrected chi connectivity index (χ1v) is 7.81. The van der Waals surface area contributed by atoms with Crippen molar-refractivity contribution >= 4 is 17.5 Å². The number of non-ortho nitro benzene ring substituents is 1. The number of ether oxygens (including phenoxy) is 2. The van der Waals surface area contributed by atoms with Crippen LogP contribution in [0.3, 0.4) is 0 Å². The Morgan fingerprint density at radius 3 is 2.62 bits per heavy atom. The van der Waals surface area contributed by atoms with Crippen molar-refractivity contribution in [3.63, 3.8) is 0 Å². The van der Waals surface area contributed by atoms with E-state index in [2.05, 4.69) is 10.2 Å². The van der Waals surface area contributed by atoms with Gasteiger partial charge in [-0.25, -0.2) is 4.79 Å². The van der Waals surface area contributed by atoms with Crippen LogP contribution >= 0.6 is 0 Å². The van der Waals surface area contributed by atoms with E-state index in [-0.39, 0.29) is 12.3 Å². The maximum atomic E-state index is 11.8. The number of nitro groups is 1. The number of benzene rings is 1. The van der Waals surface area contributed by atoms with Gasteiger partial charge in [-0.15, -0.1) is 0 Å². The van der Waals surface area contributed by atoms with Crippen LogP contribution in [0.1, 0.15) is 26.3 Å². The molecule has 2 rings (SSSR count). The van der Waals surface area contributed by atoms with Gasteiger partial charge < -0.3 is 19.7 Å². The number of morpholine rings is 1. The molecule has 0 aliphatic carbocycles. The molecule has 0 unspecified atom stereocenters. The maximum absolute atomic E-state index is 11.8. The second kappa shape index (κ2) is 7.48. The van der Waals surface area contributed by atoms with Gasteiger partial charge >= 0.3 is 6.09 Å². The Balaban J connectivity index is 2.16. The van der Waals surface area contributed by atoms with Gasteiger partial charge in [0.1, 0.15) is 6.61 Å². The minimum atomic E-state index is -0.554. The standard InChI is InChI=1S/C16H23N3O5/c1-16(2,3)17-15(20)24-11-12-10-13(19(21)22)4-5-14(12)18-6-8-23-9-7-18/h4-5,10H,6-9,11H2,1-3H3,(H,17,20). The Kier molecular flexibility index (Phi) is 5.61. The van der Waals surface area contributed by atoms with E-state index in [9.17, 15) is 14.9 Å². The Morgan fingerprint density at radius 1 is 1.38 bits per heavy atom. The van der Waals surface area contributed by atoms with Crippen LogP contribution in [0.15, 0.2) is 18.2 Å². The molecule has 8 heteroatoms. The molecule has 1 fully saturated rings. The van der Waals surface area contributed by atoms with Gasteiger partial charge in [0.2, 0.25) is 0 Å². The van der Waals surface area contributed by atoms with Crippen molar-refractivity contribution in [2.24, 2.45) is 0 Å². The summed E-state index contributed by atoms with van der Waals surface area (Å²) in [6.07, 6.45) is -0.554. The number of carbonyl (C=O) groups is 1. The van der Waals surface area contributed by atoms with Crippen molar-refractivity contribution in [3.8, 4) is 0 Å². The van der Waals surface area contributed by atoms with E-state index in [1.165, 1.54) is 12.1 Å². The van der Waals surface area contributed by atoms with Gasteiger partial charge in [0, 0.05) is 42.0 Å². The fourth-order valence-corrected chi connectivity index (χ4v) is 2.40. The maximum Gasteiger partial charge on any atom is 0.407 e. The number of nitro benzene ring substituents is 1. The summed E-state index contributed by atoms with van der Waals surface area (Å²) < 4.78 is 10.6. The monoisotopic (exact) mass is 337 g/mol. The third-order valence-corrected chi connectivity index (χ3v) is 3.46. The third-order valence-electron chi connectivity index (χ3n) is 3.46. The van der Waals surface area contributed by atoms with Crippen molar-refractivity contribution in [2.45, 2.75) is 32.9 Å². The van der Waals surface area contributed by atoms with Crippen molar-refractivity contribution < 1.29 is 19.2 Å². The van der Waals surface area contributed by atoms with Crippen molar-refractivity contribution in [1.82, 2.24) is 5.32 Å². The van der Waals surface area contributed by atoms with Gasteiger partial charge in [0.25, 0.3) is 5.69 Å². The highest BCUT2D eigenvalue weighted by atomic mass is 16.6. The lowest BCUT2D eigenvalue weighted by Gasteiger charge is -2.30. The number of carbonyl (C=O) groups excluding carboxylic acids is 1. The van der Waals surface area contributed by atoms with Crippen molar-refractivity contribution in [2.75, 3.05) is 31.2 Å². The summed E-state index contributed by atoms with van der Waals surface area (Å²) in [6.45, 7) is 8.10. The van der Waals surface area contributed by atoms with Gasteiger partial charge in [-0.2, -0.15) is 0 Å². The van der Waals surface area contributed by atoms with E-state index in [1.807, 2.05) is 20.8 Å². The first-order chi connectivity index (χ1) is 11.3. The van der Waals surface area contributed by atoms with Crippen LogP contribution in [0.25, 0.3) is 0 Å². The number of nitrogens with one attached hydrogen (secondary N) is 1. The molecule has 1 aliphatic rings. The molecule has 1 N–H and O–H groups in total. The molecule has 1 aliphatic heterocycles. The van der Waals surface area contributed by atoms with Gasteiger partial charge in [-0.05, 0) is 26.8 Å². The van der Waals surface area contributed by atoms with E-state index in [0.29, 0.717) is 31.9 Å². The summed E-state index contributed by atoms with van der Waals surface area (Å²) in [5.74, 6) is 0. The number of hydrogen-bond acceptors (Lipinski definition) is 6. The highest BCUT2D eigenvalue weighted by Crippen LogP contribution is 2.27. The molecule has 0 spiro atoms. The molecule has 0 radical (unpaired) electrons. The highest BCUT2D eigenvalue weighted by Gasteiger charge is 2.20. The predicted octanol–water partition coefficient (Wildman–Crippen LogP) is 2.46. The molecule has 24 heavy (non-hydrogen) atoms. The van der Waals surface area contributed by atoms with E-state index >= 15 is 0 Å². The van der Waals surface area contributed by atoms with Crippen LogP contribution in [-0.2, 0) is 16.1 Å². The molecule has 0 aromatic heterocycles. The quantitative estimate of drug-likeness (QED) is 0.670. The highest BCUT2D eigenvalue weighted by molar-refractivity contribution is 5.68. The van der Waals surface area contributed by atoms with Gasteiger partial charge in [-0.3, -0.25) is 10.1 Å². The summed E-state index contributed by atoms with van der Waals surface area (Å²) in [5, 5.41) is 13.7. The van der Waals surface area contributed by atoms with Crippen LogP contribution in [0, 0.1) is 10.1 Å². The van der Waals surface area contributed by atoms with Crippen LogP contribution < -0.4 is 10.2 Å². The zero-order chi connectivity index (χ0) is 17.7.